The third kappa shape index (κ3) is 4.68. The molecule has 0 saturated carbocycles. The molecule has 0 saturated heterocycles. The van der Waals surface area contributed by atoms with E-state index in [0.29, 0.717) is 0 Å². The molecule has 0 bridgehead atoms. The fourth-order valence-corrected chi connectivity index (χ4v) is 3.45. The molecule has 7 nitrogen and oxygen atoms in total. The summed E-state index contributed by atoms with van der Waals surface area (Å²) in [5.74, 6) is 0. The Morgan fingerprint density at radius 3 is 2.38 bits per heavy atom. The normalized spacial score (nSPS) is 11.8. The lowest BCUT2D eigenvalue weighted by atomic mass is 10.3. The highest BCUT2D eigenvalue weighted by Crippen LogP contribution is 2.18. The SMILES string of the molecule is COCCN(CCOC)S(=O)(=O)c1cccnc1C(N)=S. The van der Waals surface area contributed by atoms with Gasteiger partial charge in [0.05, 0.1) is 13.2 Å². The van der Waals surface area contributed by atoms with Crippen molar-refractivity contribution < 1.29 is 17.9 Å². The molecule has 1 aromatic heterocycles. The maximum absolute atomic E-state index is 12.7. The number of rotatable bonds is 9. The van der Waals surface area contributed by atoms with Gasteiger partial charge in [0.2, 0.25) is 10.0 Å². The van der Waals surface area contributed by atoms with Crippen LogP contribution in [0.25, 0.3) is 0 Å². The van der Waals surface area contributed by atoms with Gasteiger partial charge in [-0.1, -0.05) is 12.2 Å². The van der Waals surface area contributed by atoms with Crippen molar-refractivity contribution in [2.24, 2.45) is 5.73 Å². The number of thiocarbonyl (C=S) groups is 1. The van der Waals surface area contributed by atoms with Crippen molar-refractivity contribution in [2.45, 2.75) is 4.90 Å². The number of ether oxygens (including phenoxy) is 2. The van der Waals surface area contributed by atoms with Crippen LogP contribution in [0.15, 0.2) is 23.2 Å². The molecule has 21 heavy (non-hydrogen) atoms. The Hall–Kier alpha value is -1.13. The molecule has 1 aromatic rings. The predicted octanol–water partition coefficient (Wildman–Crippen LogP) is -0.000700. The molecular formula is C12H19N3O4S2. The van der Waals surface area contributed by atoms with E-state index in [1.54, 1.807) is 0 Å². The average molecular weight is 333 g/mol. The lowest BCUT2D eigenvalue weighted by Crippen LogP contribution is -2.37. The molecule has 2 N–H and O–H groups in total. The van der Waals surface area contributed by atoms with Gasteiger partial charge in [0.15, 0.2) is 0 Å². The van der Waals surface area contributed by atoms with Gasteiger partial charge in [0.1, 0.15) is 15.6 Å². The highest BCUT2D eigenvalue weighted by molar-refractivity contribution is 7.89. The monoisotopic (exact) mass is 333 g/mol. The Balaban J connectivity index is 3.18. The number of sulfonamides is 1. The zero-order chi connectivity index (χ0) is 15.9. The van der Waals surface area contributed by atoms with Gasteiger partial charge in [-0.15, -0.1) is 0 Å². The topological polar surface area (TPSA) is 94.8 Å². The number of aromatic nitrogens is 1. The van der Waals surface area contributed by atoms with E-state index in [0.717, 1.165) is 0 Å². The van der Waals surface area contributed by atoms with Crippen LogP contribution >= 0.6 is 12.2 Å². The molecule has 0 unspecified atom stereocenters. The molecule has 0 atom stereocenters. The summed E-state index contributed by atoms with van der Waals surface area (Å²) in [5.41, 5.74) is 5.64. The van der Waals surface area contributed by atoms with Crippen LogP contribution in [0.1, 0.15) is 5.69 Å². The lowest BCUT2D eigenvalue weighted by molar-refractivity contribution is 0.150. The number of pyridine rings is 1. The molecular weight excluding hydrogens is 314 g/mol. The summed E-state index contributed by atoms with van der Waals surface area (Å²) in [6.45, 7) is 0.943. The Morgan fingerprint density at radius 1 is 1.33 bits per heavy atom. The molecule has 0 aromatic carbocycles. The van der Waals surface area contributed by atoms with Crippen LogP contribution in [0.5, 0.6) is 0 Å². The molecule has 0 aliphatic heterocycles. The van der Waals surface area contributed by atoms with Gasteiger partial charge in [0, 0.05) is 33.5 Å². The average Bonchev–Trinajstić information content (AvgIpc) is 2.47. The van der Waals surface area contributed by atoms with Crippen molar-refractivity contribution in [1.82, 2.24) is 9.29 Å². The van der Waals surface area contributed by atoms with Crippen LogP contribution in [-0.4, -0.2) is 63.2 Å². The largest absolute Gasteiger partial charge is 0.388 e. The minimum atomic E-state index is -3.78. The fraction of sp³-hybridized carbons (Fsp3) is 0.500. The molecule has 0 spiro atoms. The predicted molar refractivity (Wildman–Crippen MR) is 82.6 cm³/mol. The zero-order valence-corrected chi connectivity index (χ0v) is 13.6. The van der Waals surface area contributed by atoms with Gasteiger partial charge in [-0.25, -0.2) is 8.42 Å². The van der Waals surface area contributed by atoms with Gasteiger partial charge >= 0.3 is 0 Å². The van der Waals surface area contributed by atoms with Crippen molar-refractivity contribution in [3.05, 3.63) is 24.0 Å². The van der Waals surface area contributed by atoms with Gasteiger partial charge in [0.25, 0.3) is 0 Å². The first-order valence-corrected chi connectivity index (χ1v) is 8.02. The van der Waals surface area contributed by atoms with Crippen LogP contribution in [0.3, 0.4) is 0 Å². The summed E-state index contributed by atoms with van der Waals surface area (Å²) < 4.78 is 36.6. The second-order valence-electron chi connectivity index (χ2n) is 4.10. The van der Waals surface area contributed by atoms with Crippen LogP contribution in [-0.2, 0) is 19.5 Å². The molecule has 0 aliphatic rings. The van der Waals surface area contributed by atoms with Gasteiger partial charge in [-0.2, -0.15) is 4.31 Å². The third-order valence-electron chi connectivity index (χ3n) is 2.71. The van der Waals surface area contributed by atoms with Gasteiger partial charge in [-0.05, 0) is 12.1 Å². The molecule has 0 aliphatic carbocycles. The number of nitrogens with two attached hydrogens (primary N) is 1. The second kappa shape index (κ2) is 8.35. The minimum absolute atomic E-state index is 0.00953. The van der Waals surface area contributed by atoms with E-state index in [1.165, 1.54) is 36.9 Å². The van der Waals surface area contributed by atoms with E-state index in [4.69, 9.17) is 27.4 Å². The molecule has 1 heterocycles. The Labute approximate surface area is 130 Å². The Morgan fingerprint density at radius 2 is 1.90 bits per heavy atom. The third-order valence-corrected chi connectivity index (χ3v) is 4.84. The van der Waals surface area contributed by atoms with Crippen LogP contribution in [0.2, 0.25) is 0 Å². The van der Waals surface area contributed by atoms with E-state index in [-0.39, 0.29) is 41.9 Å². The Kier molecular flexibility index (Phi) is 7.12. The Bertz CT molecular complexity index is 570. The summed E-state index contributed by atoms with van der Waals surface area (Å²) in [4.78, 5) is 3.88. The highest BCUT2D eigenvalue weighted by Gasteiger charge is 2.27. The highest BCUT2D eigenvalue weighted by atomic mass is 32.2. The van der Waals surface area contributed by atoms with E-state index in [1.807, 2.05) is 0 Å². The maximum atomic E-state index is 12.7. The maximum Gasteiger partial charge on any atom is 0.245 e. The molecule has 0 fully saturated rings. The van der Waals surface area contributed by atoms with Crippen molar-refractivity contribution in [2.75, 3.05) is 40.5 Å². The lowest BCUT2D eigenvalue weighted by Gasteiger charge is -2.22. The summed E-state index contributed by atoms with van der Waals surface area (Å²) in [5, 5.41) is 0. The molecule has 0 amide bonds. The first kappa shape index (κ1) is 17.9. The number of nitrogens with zero attached hydrogens (tertiary/aromatic N) is 2. The summed E-state index contributed by atoms with van der Waals surface area (Å²) >= 11 is 4.86. The van der Waals surface area contributed by atoms with E-state index in [9.17, 15) is 8.42 Å². The summed E-state index contributed by atoms with van der Waals surface area (Å²) in [6.07, 6.45) is 1.45. The van der Waals surface area contributed by atoms with E-state index >= 15 is 0 Å². The number of methoxy groups -OCH3 is 2. The first-order valence-electron chi connectivity index (χ1n) is 6.18. The van der Waals surface area contributed by atoms with Crippen LogP contribution in [0, 0.1) is 0 Å². The van der Waals surface area contributed by atoms with Crippen molar-refractivity contribution in [3.63, 3.8) is 0 Å². The fourth-order valence-electron chi connectivity index (χ4n) is 1.66. The van der Waals surface area contributed by atoms with Crippen LogP contribution < -0.4 is 5.73 Å². The molecule has 1 rings (SSSR count). The smallest absolute Gasteiger partial charge is 0.245 e. The molecule has 0 radical (unpaired) electrons. The second-order valence-corrected chi connectivity index (χ2v) is 6.45. The molecule has 118 valence electrons. The quantitative estimate of drug-likeness (QED) is 0.636. The van der Waals surface area contributed by atoms with E-state index in [2.05, 4.69) is 4.98 Å². The van der Waals surface area contributed by atoms with Crippen LogP contribution in [0.4, 0.5) is 0 Å². The minimum Gasteiger partial charge on any atom is -0.388 e. The standard InChI is InChI=1S/C12H19N3O4S2/c1-18-8-6-15(7-9-19-2)21(16,17)10-4-3-5-14-11(10)12(13)20/h3-5H,6-9H2,1-2H3,(H2,13,20). The zero-order valence-electron chi connectivity index (χ0n) is 12.0. The van der Waals surface area contributed by atoms with Gasteiger partial charge < -0.3 is 15.2 Å². The van der Waals surface area contributed by atoms with Crippen molar-refractivity contribution in [3.8, 4) is 0 Å². The van der Waals surface area contributed by atoms with E-state index < -0.39 is 10.0 Å². The van der Waals surface area contributed by atoms with Crippen molar-refractivity contribution in [1.29, 1.82) is 0 Å². The summed E-state index contributed by atoms with van der Waals surface area (Å²) in [7, 11) is -0.767. The number of hydrogen-bond donors (Lipinski definition) is 1. The van der Waals surface area contributed by atoms with Gasteiger partial charge in [-0.3, -0.25) is 4.98 Å². The number of hydrogen-bond acceptors (Lipinski definition) is 6. The molecule has 9 heteroatoms. The first-order chi connectivity index (χ1) is 9.95. The van der Waals surface area contributed by atoms with Crippen molar-refractivity contribution >= 4 is 27.2 Å². The summed E-state index contributed by atoms with van der Waals surface area (Å²) in [6, 6.07) is 2.96.